The molecule has 2 aliphatic rings. The predicted molar refractivity (Wildman–Crippen MR) is 114 cm³/mol. The van der Waals surface area contributed by atoms with E-state index in [9.17, 15) is 4.79 Å². The first kappa shape index (κ1) is 24.2. The third kappa shape index (κ3) is 6.33. The van der Waals surface area contributed by atoms with E-state index in [1.807, 2.05) is 0 Å². The summed E-state index contributed by atoms with van der Waals surface area (Å²) in [5.41, 5.74) is 8.19. The zero-order valence-electron chi connectivity index (χ0n) is 16.1. The highest BCUT2D eigenvalue weighted by molar-refractivity contribution is 5.86. The molecule has 1 heterocycles. The van der Waals surface area contributed by atoms with Crippen LogP contribution >= 0.6 is 24.8 Å². The fourth-order valence-corrected chi connectivity index (χ4v) is 4.00. The summed E-state index contributed by atoms with van der Waals surface area (Å²) in [6.07, 6.45) is 4.88. The molecule has 5 nitrogen and oxygen atoms in total. The Morgan fingerprint density at radius 2 is 1.89 bits per heavy atom. The van der Waals surface area contributed by atoms with Gasteiger partial charge in [0, 0.05) is 19.6 Å². The van der Waals surface area contributed by atoms with E-state index in [2.05, 4.69) is 41.4 Å². The van der Waals surface area contributed by atoms with Gasteiger partial charge in [-0.25, -0.2) is 0 Å². The van der Waals surface area contributed by atoms with Crippen molar-refractivity contribution in [2.75, 3.05) is 32.8 Å². The zero-order chi connectivity index (χ0) is 17.7. The number of nitrogens with zero attached hydrogens (tertiary/aromatic N) is 1. The lowest BCUT2D eigenvalue weighted by atomic mass is 9.82. The second kappa shape index (κ2) is 11.2. The van der Waals surface area contributed by atoms with Crippen LogP contribution in [0.2, 0.25) is 0 Å². The smallest absolute Gasteiger partial charge is 0.240 e. The minimum atomic E-state index is -0.680. The Kier molecular flexibility index (Phi) is 10.1. The zero-order valence-corrected chi connectivity index (χ0v) is 17.7. The number of nitrogens with two attached hydrogens (primary N) is 1. The van der Waals surface area contributed by atoms with Crippen molar-refractivity contribution in [3.63, 3.8) is 0 Å². The van der Waals surface area contributed by atoms with Crippen LogP contribution in [0.25, 0.3) is 0 Å². The number of benzene rings is 1. The summed E-state index contributed by atoms with van der Waals surface area (Å²) in [7, 11) is 0. The Hall–Kier alpha value is -0.850. The number of ether oxygens (including phenoxy) is 1. The summed E-state index contributed by atoms with van der Waals surface area (Å²) >= 11 is 0. The van der Waals surface area contributed by atoms with E-state index in [-0.39, 0.29) is 36.8 Å². The molecule has 3 N–H and O–H groups in total. The number of morpholine rings is 1. The second-order valence-corrected chi connectivity index (χ2v) is 7.51. The van der Waals surface area contributed by atoms with Gasteiger partial charge in [0.25, 0.3) is 0 Å². The monoisotopic (exact) mass is 417 g/mol. The van der Waals surface area contributed by atoms with Gasteiger partial charge >= 0.3 is 0 Å². The van der Waals surface area contributed by atoms with Crippen LogP contribution in [0, 0.1) is 6.92 Å². The topological polar surface area (TPSA) is 67.6 Å². The third-order valence-electron chi connectivity index (χ3n) is 5.57. The van der Waals surface area contributed by atoms with Crippen LogP contribution in [-0.4, -0.2) is 49.2 Å². The van der Waals surface area contributed by atoms with Crippen molar-refractivity contribution < 1.29 is 9.53 Å². The summed E-state index contributed by atoms with van der Waals surface area (Å²) < 4.78 is 5.50. The summed E-state index contributed by atoms with van der Waals surface area (Å²) in [5.74, 6) is 0.0121. The van der Waals surface area contributed by atoms with E-state index in [1.54, 1.807) is 0 Å². The first-order valence-corrected chi connectivity index (χ1v) is 9.54. The van der Waals surface area contributed by atoms with E-state index in [0.29, 0.717) is 6.54 Å². The standard InChI is InChI=1S/C20H31N3O2.2ClH/c1-16-6-5-7-17(14-16)18(23-10-12-25-13-11-23)15-22-19(24)20(21)8-3-2-4-9-20;;/h5-7,14,18H,2-4,8-13,15,21H2,1H3,(H,22,24);2*1H. The van der Waals surface area contributed by atoms with E-state index < -0.39 is 5.54 Å². The molecular weight excluding hydrogens is 385 g/mol. The van der Waals surface area contributed by atoms with Gasteiger partial charge in [-0.1, -0.05) is 49.1 Å². The van der Waals surface area contributed by atoms with Crippen molar-refractivity contribution in [3.05, 3.63) is 35.4 Å². The van der Waals surface area contributed by atoms with Crippen LogP contribution in [0.5, 0.6) is 0 Å². The van der Waals surface area contributed by atoms with E-state index in [0.717, 1.165) is 52.0 Å². The highest BCUT2D eigenvalue weighted by Gasteiger charge is 2.35. The molecule has 0 radical (unpaired) electrons. The quantitative estimate of drug-likeness (QED) is 0.772. The van der Waals surface area contributed by atoms with Gasteiger partial charge < -0.3 is 15.8 Å². The first-order valence-electron chi connectivity index (χ1n) is 9.54. The number of rotatable bonds is 5. The van der Waals surface area contributed by atoms with E-state index in [1.165, 1.54) is 17.5 Å². The van der Waals surface area contributed by atoms with Gasteiger partial charge in [-0.15, -0.1) is 24.8 Å². The molecule has 1 atom stereocenters. The Balaban J connectivity index is 0.00000182. The number of halogens is 2. The Morgan fingerprint density at radius 1 is 1.22 bits per heavy atom. The lowest BCUT2D eigenvalue weighted by Gasteiger charge is -2.37. The number of hydrogen-bond acceptors (Lipinski definition) is 4. The number of carbonyl (C=O) groups is 1. The molecule has 1 aromatic rings. The fraction of sp³-hybridized carbons (Fsp3) is 0.650. The molecule has 3 rings (SSSR count). The third-order valence-corrected chi connectivity index (χ3v) is 5.57. The van der Waals surface area contributed by atoms with Crippen molar-refractivity contribution in [2.45, 2.75) is 50.6 Å². The molecule has 1 aliphatic heterocycles. The maximum atomic E-state index is 12.7. The van der Waals surface area contributed by atoms with Gasteiger partial charge in [-0.2, -0.15) is 0 Å². The summed E-state index contributed by atoms with van der Waals surface area (Å²) in [6.45, 7) is 5.98. The molecule has 7 heteroatoms. The van der Waals surface area contributed by atoms with Gasteiger partial charge in [-0.05, 0) is 25.3 Å². The van der Waals surface area contributed by atoms with Crippen molar-refractivity contribution >= 4 is 30.7 Å². The normalized spacial score (nSPS) is 20.7. The summed E-state index contributed by atoms with van der Waals surface area (Å²) in [5, 5.41) is 3.16. The lowest BCUT2D eigenvalue weighted by molar-refractivity contribution is -0.127. The SMILES string of the molecule is Cc1cccc(C(CNC(=O)C2(N)CCCCC2)N2CCOCC2)c1.Cl.Cl. The lowest BCUT2D eigenvalue weighted by Crippen LogP contribution is -2.56. The van der Waals surface area contributed by atoms with Crippen molar-refractivity contribution in [3.8, 4) is 0 Å². The minimum Gasteiger partial charge on any atom is -0.379 e. The van der Waals surface area contributed by atoms with Crippen molar-refractivity contribution in [1.82, 2.24) is 10.2 Å². The van der Waals surface area contributed by atoms with Crippen molar-refractivity contribution in [1.29, 1.82) is 0 Å². The second-order valence-electron chi connectivity index (χ2n) is 7.51. The number of aryl methyl sites for hydroxylation is 1. The van der Waals surface area contributed by atoms with Crippen LogP contribution in [0.1, 0.15) is 49.3 Å². The Labute approximate surface area is 175 Å². The molecule has 0 spiro atoms. The average Bonchev–Trinajstić information content (AvgIpc) is 2.63. The Bertz CT molecular complexity index is 588. The minimum absolute atomic E-state index is 0. The first-order chi connectivity index (χ1) is 12.1. The van der Waals surface area contributed by atoms with Gasteiger partial charge in [-0.3, -0.25) is 9.69 Å². The number of hydrogen-bond donors (Lipinski definition) is 2. The van der Waals surface area contributed by atoms with E-state index in [4.69, 9.17) is 10.5 Å². The highest BCUT2D eigenvalue weighted by atomic mass is 35.5. The van der Waals surface area contributed by atoms with Crippen LogP contribution in [0.3, 0.4) is 0 Å². The van der Waals surface area contributed by atoms with Crippen LogP contribution in [0.4, 0.5) is 0 Å². The highest BCUT2D eigenvalue weighted by Crippen LogP contribution is 2.27. The van der Waals surface area contributed by atoms with Gasteiger partial charge in [0.2, 0.25) is 5.91 Å². The number of nitrogens with one attached hydrogen (secondary N) is 1. The molecule has 2 fully saturated rings. The molecule has 0 bridgehead atoms. The van der Waals surface area contributed by atoms with Crippen LogP contribution in [-0.2, 0) is 9.53 Å². The molecule has 154 valence electrons. The molecule has 1 unspecified atom stereocenters. The molecule has 1 aliphatic carbocycles. The van der Waals surface area contributed by atoms with Gasteiger partial charge in [0.1, 0.15) is 0 Å². The molecule has 1 amide bonds. The largest absolute Gasteiger partial charge is 0.379 e. The molecule has 1 saturated heterocycles. The molecule has 27 heavy (non-hydrogen) atoms. The van der Waals surface area contributed by atoms with Crippen LogP contribution < -0.4 is 11.1 Å². The Morgan fingerprint density at radius 3 is 2.52 bits per heavy atom. The number of carbonyl (C=O) groups excluding carboxylic acids is 1. The molecule has 1 aromatic carbocycles. The van der Waals surface area contributed by atoms with Crippen molar-refractivity contribution in [2.24, 2.45) is 5.73 Å². The number of amides is 1. The summed E-state index contributed by atoms with van der Waals surface area (Å²) in [4.78, 5) is 15.1. The molecule has 1 saturated carbocycles. The maximum absolute atomic E-state index is 12.7. The van der Waals surface area contributed by atoms with Crippen LogP contribution in [0.15, 0.2) is 24.3 Å². The molecular formula is C20H33Cl2N3O2. The maximum Gasteiger partial charge on any atom is 0.240 e. The fourth-order valence-electron chi connectivity index (χ4n) is 4.00. The van der Waals surface area contributed by atoms with Gasteiger partial charge in [0.15, 0.2) is 0 Å². The molecule has 0 aromatic heterocycles. The average molecular weight is 418 g/mol. The van der Waals surface area contributed by atoms with Gasteiger partial charge in [0.05, 0.1) is 24.8 Å². The summed E-state index contributed by atoms with van der Waals surface area (Å²) in [6, 6.07) is 8.73. The predicted octanol–water partition coefficient (Wildman–Crippen LogP) is 2.99. The van der Waals surface area contributed by atoms with E-state index >= 15 is 0 Å².